The molecule has 7 heteroatoms. The van der Waals surface area contributed by atoms with Gasteiger partial charge in [0.05, 0.1) is 4.90 Å². The summed E-state index contributed by atoms with van der Waals surface area (Å²) in [5, 5.41) is 3.23. The highest BCUT2D eigenvalue weighted by atomic mass is 32.2. The summed E-state index contributed by atoms with van der Waals surface area (Å²) in [4.78, 5) is 7.89. The maximum Gasteiger partial charge on any atom is 0.264 e. The first-order chi connectivity index (χ1) is 10.1. The van der Waals surface area contributed by atoms with Crippen LogP contribution in [0.1, 0.15) is 12.5 Å². The Morgan fingerprint density at radius 3 is 2.38 bits per heavy atom. The number of hydrogen-bond donors (Lipinski definition) is 2. The van der Waals surface area contributed by atoms with Crippen molar-refractivity contribution >= 4 is 16.0 Å². The largest absolute Gasteiger partial charge is 0.317 e. The number of rotatable bonds is 7. The van der Waals surface area contributed by atoms with Crippen molar-refractivity contribution in [3.8, 4) is 0 Å². The maximum absolute atomic E-state index is 12.2. The van der Waals surface area contributed by atoms with Gasteiger partial charge < -0.3 is 5.32 Å². The highest BCUT2D eigenvalue weighted by molar-refractivity contribution is 7.92. The second-order valence-corrected chi connectivity index (χ2v) is 6.11. The van der Waals surface area contributed by atoms with E-state index in [4.69, 9.17) is 0 Å². The molecular formula is C14H18N4O2S. The molecular weight excluding hydrogens is 288 g/mol. The fraction of sp³-hybridized carbons (Fsp3) is 0.286. The average Bonchev–Trinajstić information content (AvgIpc) is 2.49. The second kappa shape index (κ2) is 7.14. The molecule has 0 aliphatic heterocycles. The lowest BCUT2D eigenvalue weighted by Gasteiger charge is -2.07. The summed E-state index contributed by atoms with van der Waals surface area (Å²) in [6.07, 6.45) is 3.83. The van der Waals surface area contributed by atoms with Crippen molar-refractivity contribution in [1.82, 2.24) is 15.3 Å². The molecule has 2 rings (SSSR count). The van der Waals surface area contributed by atoms with Crippen LogP contribution in [0.3, 0.4) is 0 Å². The molecule has 1 heterocycles. The molecule has 0 radical (unpaired) electrons. The fourth-order valence-corrected chi connectivity index (χ4v) is 2.73. The molecule has 0 aliphatic rings. The fourth-order valence-electron chi connectivity index (χ4n) is 1.78. The van der Waals surface area contributed by atoms with Crippen LogP contribution in [0.25, 0.3) is 0 Å². The summed E-state index contributed by atoms with van der Waals surface area (Å²) in [6.45, 7) is 3.85. The number of hydrogen-bond acceptors (Lipinski definition) is 5. The number of nitrogens with one attached hydrogen (secondary N) is 2. The van der Waals surface area contributed by atoms with Gasteiger partial charge in [0.25, 0.3) is 10.0 Å². The van der Waals surface area contributed by atoms with Gasteiger partial charge in [-0.3, -0.25) is 0 Å². The minimum atomic E-state index is -3.65. The summed E-state index contributed by atoms with van der Waals surface area (Å²) in [5.74, 6) is 0.0636. The number of nitrogens with zero attached hydrogens (tertiary/aromatic N) is 2. The van der Waals surface area contributed by atoms with Crippen LogP contribution < -0.4 is 10.0 Å². The normalized spacial score (nSPS) is 11.3. The van der Waals surface area contributed by atoms with Gasteiger partial charge in [-0.05, 0) is 43.3 Å². The summed E-state index contributed by atoms with van der Waals surface area (Å²) in [5.41, 5.74) is 1.09. The lowest BCUT2D eigenvalue weighted by atomic mass is 10.1. The molecule has 0 unspecified atom stereocenters. The Bertz CT molecular complexity index is 657. The lowest BCUT2D eigenvalue weighted by molar-refractivity contribution is 0.600. The number of likely N-dealkylation sites (N-methyl/N-ethyl adjacent to an activating group) is 1. The number of aromatic nitrogens is 2. The molecule has 0 amide bonds. The van der Waals surface area contributed by atoms with Crippen molar-refractivity contribution < 1.29 is 8.42 Å². The third kappa shape index (κ3) is 4.51. The van der Waals surface area contributed by atoms with E-state index in [-0.39, 0.29) is 10.8 Å². The maximum atomic E-state index is 12.2. The third-order valence-corrected chi connectivity index (χ3v) is 4.21. The van der Waals surface area contributed by atoms with E-state index in [1.54, 1.807) is 18.2 Å². The monoisotopic (exact) mass is 306 g/mol. The zero-order valence-electron chi connectivity index (χ0n) is 11.8. The van der Waals surface area contributed by atoms with Crippen LogP contribution in [0.4, 0.5) is 5.95 Å². The molecule has 2 aromatic rings. The summed E-state index contributed by atoms with van der Waals surface area (Å²) < 4.78 is 26.7. The van der Waals surface area contributed by atoms with Crippen LogP contribution in [0.15, 0.2) is 47.6 Å². The predicted molar refractivity (Wildman–Crippen MR) is 81.5 cm³/mol. The van der Waals surface area contributed by atoms with Gasteiger partial charge in [0, 0.05) is 12.4 Å². The highest BCUT2D eigenvalue weighted by Crippen LogP contribution is 2.14. The molecule has 0 atom stereocenters. The Morgan fingerprint density at radius 1 is 1.10 bits per heavy atom. The first-order valence-corrected chi connectivity index (χ1v) is 8.19. The Morgan fingerprint density at radius 2 is 1.76 bits per heavy atom. The Hall–Kier alpha value is -1.99. The number of anilines is 1. The van der Waals surface area contributed by atoms with Gasteiger partial charge in [0.2, 0.25) is 5.95 Å². The number of sulfonamides is 1. The molecule has 1 aromatic heterocycles. The zero-order chi connectivity index (χ0) is 15.1. The van der Waals surface area contributed by atoms with Gasteiger partial charge in [-0.25, -0.2) is 23.1 Å². The smallest absolute Gasteiger partial charge is 0.264 e. The first kappa shape index (κ1) is 15.4. The minimum absolute atomic E-state index is 0.0636. The lowest BCUT2D eigenvalue weighted by Crippen LogP contribution is -2.16. The molecule has 0 saturated heterocycles. The van der Waals surface area contributed by atoms with Crippen molar-refractivity contribution in [1.29, 1.82) is 0 Å². The van der Waals surface area contributed by atoms with E-state index in [9.17, 15) is 8.42 Å². The van der Waals surface area contributed by atoms with E-state index >= 15 is 0 Å². The molecule has 6 nitrogen and oxygen atoms in total. The zero-order valence-corrected chi connectivity index (χ0v) is 12.6. The third-order valence-electron chi connectivity index (χ3n) is 2.87. The van der Waals surface area contributed by atoms with Crippen molar-refractivity contribution in [2.45, 2.75) is 18.2 Å². The number of benzene rings is 1. The van der Waals surface area contributed by atoms with E-state index in [0.717, 1.165) is 25.1 Å². The van der Waals surface area contributed by atoms with Crippen LogP contribution in [0.2, 0.25) is 0 Å². The SMILES string of the molecule is CCNCCc1ccc(S(=O)(=O)Nc2ncccn2)cc1. The van der Waals surface area contributed by atoms with Gasteiger partial charge in [0.1, 0.15) is 0 Å². The molecule has 0 spiro atoms. The van der Waals surface area contributed by atoms with Crippen LogP contribution in [0.5, 0.6) is 0 Å². The molecule has 0 fully saturated rings. The topological polar surface area (TPSA) is 84.0 Å². The van der Waals surface area contributed by atoms with Gasteiger partial charge in [-0.1, -0.05) is 19.1 Å². The molecule has 1 aromatic carbocycles. The van der Waals surface area contributed by atoms with Crippen molar-refractivity contribution in [2.75, 3.05) is 17.8 Å². The van der Waals surface area contributed by atoms with E-state index in [0.29, 0.717) is 0 Å². The van der Waals surface area contributed by atoms with Crippen molar-refractivity contribution in [2.24, 2.45) is 0 Å². The van der Waals surface area contributed by atoms with Crippen LogP contribution in [-0.2, 0) is 16.4 Å². The van der Waals surface area contributed by atoms with Crippen molar-refractivity contribution in [3.05, 3.63) is 48.3 Å². The minimum Gasteiger partial charge on any atom is -0.317 e. The predicted octanol–water partition coefficient (Wildman–Crippen LogP) is 1.43. The quantitative estimate of drug-likeness (QED) is 0.756. The van der Waals surface area contributed by atoms with Gasteiger partial charge in [-0.2, -0.15) is 0 Å². The van der Waals surface area contributed by atoms with E-state index in [2.05, 4.69) is 20.0 Å². The van der Waals surface area contributed by atoms with Crippen LogP contribution in [0, 0.1) is 0 Å². The molecule has 112 valence electrons. The molecule has 21 heavy (non-hydrogen) atoms. The molecule has 0 aliphatic carbocycles. The van der Waals surface area contributed by atoms with Gasteiger partial charge in [-0.15, -0.1) is 0 Å². The van der Waals surface area contributed by atoms with Crippen LogP contribution in [-0.4, -0.2) is 31.5 Å². The van der Waals surface area contributed by atoms with Gasteiger partial charge >= 0.3 is 0 Å². The first-order valence-electron chi connectivity index (χ1n) is 6.71. The van der Waals surface area contributed by atoms with Crippen LogP contribution >= 0.6 is 0 Å². The summed E-state index contributed by atoms with van der Waals surface area (Å²) in [6, 6.07) is 8.44. The Kier molecular flexibility index (Phi) is 5.24. The van der Waals surface area contributed by atoms with E-state index in [1.807, 2.05) is 19.1 Å². The van der Waals surface area contributed by atoms with E-state index in [1.165, 1.54) is 12.4 Å². The second-order valence-electron chi connectivity index (χ2n) is 4.43. The molecule has 2 N–H and O–H groups in total. The standard InChI is InChI=1S/C14H18N4O2S/c1-2-15-11-8-12-4-6-13(7-5-12)21(19,20)18-14-16-9-3-10-17-14/h3-7,9-10,15H,2,8,11H2,1H3,(H,16,17,18). The summed E-state index contributed by atoms with van der Waals surface area (Å²) >= 11 is 0. The Balaban J connectivity index is 2.06. The highest BCUT2D eigenvalue weighted by Gasteiger charge is 2.15. The van der Waals surface area contributed by atoms with E-state index < -0.39 is 10.0 Å². The summed E-state index contributed by atoms with van der Waals surface area (Å²) in [7, 11) is -3.65. The van der Waals surface area contributed by atoms with Gasteiger partial charge in [0.15, 0.2) is 0 Å². The van der Waals surface area contributed by atoms with Crippen molar-refractivity contribution in [3.63, 3.8) is 0 Å². The molecule has 0 bridgehead atoms. The Labute approximate surface area is 124 Å². The average molecular weight is 306 g/mol. The molecule has 0 saturated carbocycles.